The van der Waals surface area contributed by atoms with Crippen LogP contribution < -0.4 is 10.4 Å². The Morgan fingerprint density at radius 3 is 1.50 bits per heavy atom. The molecule has 3 aromatic carbocycles. The van der Waals surface area contributed by atoms with Crippen molar-refractivity contribution in [3.05, 3.63) is 96.6 Å². The molecule has 0 nitrogen and oxygen atoms in total. The molecule has 2 heteroatoms. The van der Waals surface area contributed by atoms with E-state index >= 15 is 0 Å². The first-order valence-electron chi connectivity index (χ1n) is 8.49. The summed E-state index contributed by atoms with van der Waals surface area (Å²) in [5, 5.41) is 3.67. The first-order valence-corrected chi connectivity index (χ1v) is 10.6. The van der Waals surface area contributed by atoms with Crippen LogP contribution in [0.2, 0.25) is 5.16 Å². The molecule has 0 N–H and O–H groups in total. The molecule has 0 amide bonds. The molecule has 1 atom stereocenters. The molecule has 118 valence electrons. The van der Waals surface area contributed by atoms with E-state index in [1.165, 1.54) is 22.4 Å². The van der Waals surface area contributed by atoms with Gasteiger partial charge in [-0.3, -0.25) is 0 Å². The number of rotatable bonds is 7. The van der Waals surface area contributed by atoms with Gasteiger partial charge in [0.15, 0.2) is 0 Å². The van der Waals surface area contributed by atoms with E-state index in [-0.39, 0.29) is 0 Å². The molecule has 0 saturated carbocycles. The summed E-state index contributed by atoms with van der Waals surface area (Å²) in [6, 6.07) is 32.9. The SMILES string of the molecule is CC(CC([Si]c1ccccc1)[Si]c1ccccc1)c1ccccc1. The molecular weight excluding hydrogens is 320 g/mol. The first-order chi connectivity index (χ1) is 11.8. The van der Waals surface area contributed by atoms with E-state index in [0.717, 1.165) is 19.0 Å². The number of hydrogen-bond donors (Lipinski definition) is 0. The molecule has 0 spiro atoms. The van der Waals surface area contributed by atoms with Gasteiger partial charge in [0.25, 0.3) is 0 Å². The summed E-state index contributed by atoms with van der Waals surface area (Å²) in [6.07, 6.45) is 1.24. The lowest BCUT2D eigenvalue weighted by Crippen LogP contribution is -2.30. The van der Waals surface area contributed by atoms with Crippen molar-refractivity contribution >= 4 is 29.4 Å². The molecule has 24 heavy (non-hydrogen) atoms. The summed E-state index contributed by atoms with van der Waals surface area (Å²) in [7, 11) is 1.74. The van der Waals surface area contributed by atoms with Crippen LogP contribution in [0.4, 0.5) is 0 Å². The van der Waals surface area contributed by atoms with Crippen LogP contribution >= 0.6 is 0 Å². The zero-order valence-corrected chi connectivity index (χ0v) is 16.0. The van der Waals surface area contributed by atoms with E-state index < -0.39 is 0 Å². The van der Waals surface area contributed by atoms with E-state index in [0.29, 0.717) is 11.1 Å². The average Bonchev–Trinajstić information content (AvgIpc) is 2.64. The largest absolute Gasteiger partial charge is 0.0811 e. The Bertz CT molecular complexity index is 669. The molecule has 0 aliphatic heterocycles. The molecule has 0 aliphatic rings. The molecule has 4 radical (unpaired) electrons. The van der Waals surface area contributed by atoms with Crippen LogP contribution in [-0.4, -0.2) is 19.0 Å². The molecule has 0 bridgehead atoms. The highest BCUT2D eigenvalue weighted by Crippen LogP contribution is 2.25. The second-order valence-electron chi connectivity index (χ2n) is 6.12. The van der Waals surface area contributed by atoms with Crippen LogP contribution in [0.1, 0.15) is 24.8 Å². The highest BCUT2D eigenvalue weighted by Gasteiger charge is 2.17. The molecule has 0 aliphatic carbocycles. The minimum atomic E-state index is 0.601. The van der Waals surface area contributed by atoms with Crippen LogP contribution in [-0.2, 0) is 0 Å². The fraction of sp³-hybridized carbons (Fsp3) is 0.182. The lowest BCUT2D eigenvalue weighted by Gasteiger charge is -2.20. The van der Waals surface area contributed by atoms with E-state index in [1.54, 1.807) is 0 Å². The molecule has 0 saturated heterocycles. The van der Waals surface area contributed by atoms with Crippen molar-refractivity contribution in [3.63, 3.8) is 0 Å². The highest BCUT2D eigenvalue weighted by atomic mass is 28.3. The molecule has 3 aromatic rings. The Balaban J connectivity index is 1.73. The van der Waals surface area contributed by atoms with Crippen molar-refractivity contribution in [1.29, 1.82) is 0 Å². The summed E-state index contributed by atoms with van der Waals surface area (Å²) in [6.45, 7) is 2.37. The lowest BCUT2D eigenvalue weighted by atomic mass is 9.99. The molecule has 3 rings (SSSR count). The van der Waals surface area contributed by atoms with Gasteiger partial charge in [-0.15, -0.1) is 0 Å². The number of hydrogen-bond acceptors (Lipinski definition) is 0. The molecule has 0 heterocycles. The highest BCUT2D eigenvalue weighted by molar-refractivity contribution is 6.73. The maximum Gasteiger partial charge on any atom is 0.0811 e. The normalized spacial score (nSPS) is 12.2. The van der Waals surface area contributed by atoms with Gasteiger partial charge >= 0.3 is 0 Å². The smallest absolute Gasteiger partial charge is 0.0642 e. The third kappa shape index (κ3) is 5.05. The van der Waals surface area contributed by atoms with Crippen molar-refractivity contribution in [1.82, 2.24) is 0 Å². The first kappa shape index (κ1) is 16.9. The van der Waals surface area contributed by atoms with E-state index in [4.69, 9.17) is 0 Å². The van der Waals surface area contributed by atoms with Gasteiger partial charge in [0.1, 0.15) is 0 Å². The van der Waals surface area contributed by atoms with Gasteiger partial charge in [-0.1, -0.05) is 108 Å². The van der Waals surface area contributed by atoms with Gasteiger partial charge in [-0.25, -0.2) is 0 Å². The molecule has 1 unspecified atom stereocenters. The summed E-state index contributed by atoms with van der Waals surface area (Å²) < 4.78 is 0. The minimum absolute atomic E-state index is 0.601. The average molecular weight is 343 g/mol. The van der Waals surface area contributed by atoms with Gasteiger partial charge in [0.05, 0.1) is 19.0 Å². The fourth-order valence-electron chi connectivity index (χ4n) is 2.90. The fourth-order valence-corrected chi connectivity index (χ4v) is 6.70. The van der Waals surface area contributed by atoms with Crippen molar-refractivity contribution < 1.29 is 0 Å². The van der Waals surface area contributed by atoms with Crippen LogP contribution in [0.25, 0.3) is 0 Å². The van der Waals surface area contributed by atoms with Gasteiger partial charge in [-0.05, 0) is 23.1 Å². The second kappa shape index (κ2) is 8.81. The van der Waals surface area contributed by atoms with Gasteiger partial charge in [0.2, 0.25) is 0 Å². The third-order valence-corrected chi connectivity index (χ3v) is 7.55. The van der Waals surface area contributed by atoms with E-state index in [9.17, 15) is 0 Å². The predicted octanol–water partition coefficient (Wildman–Crippen LogP) is 3.99. The van der Waals surface area contributed by atoms with E-state index in [2.05, 4.69) is 97.9 Å². The zero-order chi connectivity index (χ0) is 16.6. The predicted molar refractivity (Wildman–Crippen MR) is 107 cm³/mol. The second-order valence-corrected chi connectivity index (χ2v) is 9.82. The van der Waals surface area contributed by atoms with E-state index in [1.807, 2.05) is 0 Å². The van der Waals surface area contributed by atoms with Crippen molar-refractivity contribution in [2.45, 2.75) is 24.4 Å². The molecule has 0 fully saturated rings. The third-order valence-electron chi connectivity index (χ3n) is 4.19. The Morgan fingerprint density at radius 1 is 0.625 bits per heavy atom. The quantitative estimate of drug-likeness (QED) is 0.570. The van der Waals surface area contributed by atoms with Crippen molar-refractivity contribution in [2.24, 2.45) is 0 Å². The lowest BCUT2D eigenvalue weighted by molar-refractivity contribution is 0.709. The maximum atomic E-state index is 2.37. The molecule has 0 aromatic heterocycles. The van der Waals surface area contributed by atoms with Gasteiger partial charge < -0.3 is 0 Å². The van der Waals surface area contributed by atoms with Crippen LogP contribution in [0.3, 0.4) is 0 Å². The standard InChI is InChI=1S/C22H22Si2/c1-18(19-11-5-2-6-12-19)17-22(23-20-13-7-3-8-14-20)24-21-15-9-4-10-16-21/h2-16,18,22H,17H2,1H3. The van der Waals surface area contributed by atoms with Crippen molar-refractivity contribution in [2.75, 3.05) is 0 Å². The van der Waals surface area contributed by atoms with Gasteiger partial charge in [-0.2, -0.15) is 0 Å². The van der Waals surface area contributed by atoms with Gasteiger partial charge in [0, 0.05) is 0 Å². The van der Waals surface area contributed by atoms with Crippen LogP contribution in [0.5, 0.6) is 0 Å². The van der Waals surface area contributed by atoms with Crippen LogP contribution in [0.15, 0.2) is 91.0 Å². The summed E-state index contributed by atoms with van der Waals surface area (Å²) >= 11 is 0. The molecular formula is C22H22Si2. The van der Waals surface area contributed by atoms with Crippen LogP contribution in [0, 0.1) is 0 Å². The Labute approximate surface area is 150 Å². The minimum Gasteiger partial charge on any atom is -0.0642 e. The zero-order valence-electron chi connectivity index (χ0n) is 14.0. The summed E-state index contributed by atoms with van der Waals surface area (Å²) in [5.74, 6) is 0.601. The maximum absolute atomic E-state index is 2.37. The number of benzene rings is 3. The Morgan fingerprint density at radius 2 is 1.04 bits per heavy atom. The summed E-state index contributed by atoms with van der Waals surface area (Å²) in [5.41, 5.74) is 1.46. The Hall–Kier alpha value is -1.91. The summed E-state index contributed by atoms with van der Waals surface area (Å²) in [4.78, 5) is 0. The van der Waals surface area contributed by atoms with Crippen molar-refractivity contribution in [3.8, 4) is 0 Å². The monoisotopic (exact) mass is 342 g/mol. The Kier molecular flexibility index (Phi) is 6.22. The topological polar surface area (TPSA) is 0 Å².